The van der Waals surface area contributed by atoms with E-state index in [1.165, 1.54) is 0 Å². The van der Waals surface area contributed by atoms with E-state index in [-0.39, 0.29) is 6.61 Å². The molecule has 2 N–H and O–H groups in total. The third-order valence-electron chi connectivity index (χ3n) is 2.99. The van der Waals surface area contributed by atoms with E-state index >= 15 is 0 Å². The summed E-state index contributed by atoms with van der Waals surface area (Å²) in [7, 11) is 1.62. The molecule has 0 radical (unpaired) electrons. The van der Waals surface area contributed by atoms with Crippen molar-refractivity contribution in [1.29, 1.82) is 0 Å². The summed E-state index contributed by atoms with van der Waals surface area (Å²) in [6, 6.07) is 7.83. The smallest absolute Gasteiger partial charge is 0.123 e. The van der Waals surface area contributed by atoms with Crippen LogP contribution in [0.4, 0.5) is 0 Å². The Morgan fingerprint density at radius 1 is 1.35 bits per heavy atom. The van der Waals surface area contributed by atoms with Gasteiger partial charge in [0.15, 0.2) is 0 Å². The molecule has 114 valence electrons. The first-order valence-corrected chi connectivity index (χ1v) is 8.26. The van der Waals surface area contributed by atoms with Gasteiger partial charge in [-0.3, -0.25) is 0 Å². The molecule has 0 aromatic heterocycles. The summed E-state index contributed by atoms with van der Waals surface area (Å²) in [6.45, 7) is 2.96. The third kappa shape index (κ3) is 6.50. The number of benzene rings is 1. The molecule has 0 fully saturated rings. The van der Waals surface area contributed by atoms with Crippen molar-refractivity contribution in [1.82, 2.24) is 5.32 Å². The number of rotatable bonds is 10. The van der Waals surface area contributed by atoms with Crippen LogP contribution in [0.15, 0.2) is 24.3 Å². The zero-order chi connectivity index (χ0) is 14.8. The van der Waals surface area contributed by atoms with Crippen molar-refractivity contribution >= 4 is 11.8 Å². The van der Waals surface area contributed by atoms with Crippen LogP contribution in [0.3, 0.4) is 0 Å². The minimum absolute atomic E-state index is 0.274. The first kappa shape index (κ1) is 17.1. The normalized spacial score (nSPS) is 13.8. The molecule has 1 rings (SSSR count). The van der Waals surface area contributed by atoms with Gasteiger partial charge in [0.25, 0.3) is 0 Å². The number of thioether (sulfide) groups is 1. The number of aliphatic hydroxyl groups is 1. The maximum Gasteiger partial charge on any atom is 0.123 e. The summed E-state index contributed by atoms with van der Waals surface area (Å²) in [5.74, 6) is 2.51. The second-order valence-electron chi connectivity index (χ2n) is 4.61. The van der Waals surface area contributed by atoms with Crippen molar-refractivity contribution < 1.29 is 14.6 Å². The highest BCUT2D eigenvalue weighted by Crippen LogP contribution is 2.18. The van der Waals surface area contributed by atoms with Crippen molar-refractivity contribution in [2.75, 3.05) is 32.3 Å². The first-order chi connectivity index (χ1) is 9.69. The molecular weight excluding hydrogens is 274 g/mol. The average molecular weight is 299 g/mol. The second-order valence-corrected chi connectivity index (χ2v) is 5.52. The summed E-state index contributed by atoms with van der Waals surface area (Å²) < 4.78 is 10.7. The van der Waals surface area contributed by atoms with Crippen LogP contribution >= 0.6 is 11.8 Å². The van der Waals surface area contributed by atoms with Crippen LogP contribution in [0.1, 0.15) is 13.3 Å². The van der Waals surface area contributed by atoms with Crippen LogP contribution in [0.25, 0.3) is 0 Å². The van der Waals surface area contributed by atoms with Crippen molar-refractivity contribution in [2.24, 2.45) is 0 Å². The van der Waals surface area contributed by atoms with Gasteiger partial charge in [-0.1, -0.05) is 13.0 Å². The molecule has 0 spiro atoms. The maximum atomic E-state index is 9.92. The molecule has 0 aliphatic rings. The summed E-state index contributed by atoms with van der Waals surface area (Å²) in [6.07, 6.45) is 2.63. The summed E-state index contributed by atoms with van der Waals surface area (Å²) >= 11 is 1.81. The molecule has 0 heterocycles. The summed E-state index contributed by atoms with van der Waals surface area (Å²) in [5, 5.41) is 13.3. The lowest BCUT2D eigenvalue weighted by molar-refractivity contribution is 0.104. The van der Waals surface area contributed by atoms with E-state index in [1.54, 1.807) is 7.11 Å². The number of aliphatic hydroxyl groups excluding tert-OH is 1. The van der Waals surface area contributed by atoms with Gasteiger partial charge in [0.1, 0.15) is 24.2 Å². The summed E-state index contributed by atoms with van der Waals surface area (Å²) in [5.41, 5.74) is 0. The lowest BCUT2D eigenvalue weighted by Gasteiger charge is -2.19. The standard InChI is InChI=1S/C15H25NO3S/c1-4-12(11-20-3)16-9-13(17)10-19-15-7-5-6-14(8-15)18-2/h5-8,12-13,16-17H,4,9-11H2,1-3H3. The Kier molecular flexibility index (Phi) is 8.49. The lowest BCUT2D eigenvalue weighted by Crippen LogP contribution is -2.39. The fourth-order valence-corrected chi connectivity index (χ4v) is 2.52. The summed E-state index contributed by atoms with van der Waals surface area (Å²) in [4.78, 5) is 0. The van der Waals surface area contributed by atoms with Crippen molar-refractivity contribution in [3.05, 3.63) is 24.3 Å². The van der Waals surface area contributed by atoms with Crippen LogP contribution in [0.2, 0.25) is 0 Å². The Morgan fingerprint density at radius 3 is 2.75 bits per heavy atom. The predicted molar refractivity (Wildman–Crippen MR) is 85.0 cm³/mol. The Labute approximate surface area is 125 Å². The average Bonchev–Trinajstić information content (AvgIpc) is 2.49. The van der Waals surface area contributed by atoms with Gasteiger partial charge in [0, 0.05) is 24.4 Å². The monoisotopic (exact) mass is 299 g/mol. The molecule has 0 saturated carbocycles. The van der Waals surface area contributed by atoms with E-state index in [9.17, 15) is 5.11 Å². The van der Waals surface area contributed by atoms with Crippen LogP contribution in [-0.2, 0) is 0 Å². The molecule has 5 heteroatoms. The largest absolute Gasteiger partial charge is 0.497 e. The van der Waals surface area contributed by atoms with Gasteiger partial charge in [-0.25, -0.2) is 0 Å². The molecule has 0 amide bonds. The third-order valence-corrected chi connectivity index (χ3v) is 3.72. The van der Waals surface area contributed by atoms with E-state index in [4.69, 9.17) is 9.47 Å². The number of hydrogen-bond acceptors (Lipinski definition) is 5. The Bertz CT molecular complexity index is 376. The zero-order valence-electron chi connectivity index (χ0n) is 12.5. The molecule has 2 atom stereocenters. The highest BCUT2D eigenvalue weighted by Gasteiger charge is 2.09. The SMILES string of the molecule is CCC(CSC)NCC(O)COc1cccc(OC)c1. The minimum Gasteiger partial charge on any atom is -0.497 e. The first-order valence-electron chi connectivity index (χ1n) is 6.86. The molecule has 1 aromatic carbocycles. The predicted octanol–water partition coefficient (Wildman–Crippen LogP) is 2.17. The molecule has 0 bridgehead atoms. The van der Waals surface area contributed by atoms with Crippen LogP contribution in [-0.4, -0.2) is 49.5 Å². The van der Waals surface area contributed by atoms with Gasteiger partial charge in [-0.15, -0.1) is 0 Å². The highest BCUT2D eigenvalue weighted by atomic mass is 32.2. The number of methoxy groups -OCH3 is 1. The highest BCUT2D eigenvalue weighted by molar-refractivity contribution is 7.98. The number of nitrogens with one attached hydrogen (secondary N) is 1. The Hall–Kier alpha value is -0.910. The maximum absolute atomic E-state index is 9.92. The molecule has 20 heavy (non-hydrogen) atoms. The van der Waals surface area contributed by atoms with Crippen LogP contribution < -0.4 is 14.8 Å². The van der Waals surface area contributed by atoms with E-state index < -0.39 is 6.10 Å². The number of ether oxygens (including phenoxy) is 2. The van der Waals surface area contributed by atoms with Crippen LogP contribution in [0, 0.1) is 0 Å². The zero-order valence-corrected chi connectivity index (χ0v) is 13.3. The van der Waals surface area contributed by atoms with Gasteiger partial charge < -0.3 is 19.9 Å². The fraction of sp³-hybridized carbons (Fsp3) is 0.600. The molecule has 1 aromatic rings. The van der Waals surface area contributed by atoms with E-state index in [0.717, 1.165) is 17.9 Å². The fourth-order valence-electron chi connectivity index (χ4n) is 1.77. The van der Waals surface area contributed by atoms with Crippen molar-refractivity contribution in [3.8, 4) is 11.5 Å². The topological polar surface area (TPSA) is 50.7 Å². The van der Waals surface area contributed by atoms with E-state index in [1.807, 2.05) is 36.0 Å². The molecular formula is C15H25NO3S. The minimum atomic E-state index is -0.517. The number of hydrogen-bond donors (Lipinski definition) is 2. The molecule has 4 nitrogen and oxygen atoms in total. The van der Waals surface area contributed by atoms with Gasteiger partial charge >= 0.3 is 0 Å². The van der Waals surface area contributed by atoms with Crippen molar-refractivity contribution in [2.45, 2.75) is 25.5 Å². The van der Waals surface area contributed by atoms with E-state index in [0.29, 0.717) is 18.3 Å². The lowest BCUT2D eigenvalue weighted by atomic mass is 10.2. The molecule has 2 unspecified atom stereocenters. The molecule has 0 aliphatic heterocycles. The molecule has 0 aliphatic carbocycles. The van der Waals surface area contributed by atoms with Gasteiger partial charge in [0.2, 0.25) is 0 Å². The Balaban J connectivity index is 2.29. The van der Waals surface area contributed by atoms with Gasteiger partial charge in [0.05, 0.1) is 7.11 Å². The van der Waals surface area contributed by atoms with Crippen molar-refractivity contribution in [3.63, 3.8) is 0 Å². The van der Waals surface area contributed by atoms with Gasteiger partial charge in [-0.2, -0.15) is 11.8 Å². The quantitative estimate of drug-likeness (QED) is 0.693. The van der Waals surface area contributed by atoms with E-state index in [2.05, 4.69) is 18.5 Å². The Morgan fingerprint density at radius 2 is 2.10 bits per heavy atom. The second kappa shape index (κ2) is 9.91. The molecule has 0 saturated heterocycles. The van der Waals surface area contributed by atoms with Gasteiger partial charge in [-0.05, 0) is 24.8 Å². The van der Waals surface area contributed by atoms with Crippen LogP contribution in [0.5, 0.6) is 11.5 Å².